The topological polar surface area (TPSA) is 38.3 Å². The van der Waals surface area contributed by atoms with E-state index in [1.54, 1.807) is 0 Å². The van der Waals surface area contributed by atoms with E-state index >= 15 is 0 Å². The van der Waals surface area contributed by atoms with E-state index in [9.17, 15) is 4.79 Å². The Morgan fingerprint density at radius 3 is 2.65 bits per heavy atom. The zero-order valence-electron chi connectivity index (χ0n) is 11.7. The van der Waals surface area contributed by atoms with Gasteiger partial charge in [-0.25, -0.2) is 4.79 Å². The number of carbonyl (C=O) groups excluding carboxylic acids is 1. The normalized spacial score (nSPS) is 18.9. The number of ether oxygens (including phenoxy) is 1. The second-order valence-corrected chi connectivity index (χ2v) is 5.24. The van der Waals surface area contributed by atoms with E-state index in [1.165, 1.54) is 25.5 Å². The smallest absolute Gasteiger partial charge is 0.338 e. The van der Waals surface area contributed by atoms with Crippen LogP contribution in [-0.2, 0) is 4.74 Å². The van der Waals surface area contributed by atoms with Crippen molar-refractivity contribution in [2.24, 2.45) is 0 Å². The molecule has 20 heavy (non-hydrogen) atoms. The van der Waals surface area contributed by atoms with Gasteiger partial charge in [-0.05, 0) is 41.8 Å². The summed E-state index contributed by atoms with van der Waals surface area (Å²) in [6.07, 6.45) is 3.65. The highest BCUT2D eigenvalue weighted by atomic mass is 16.5. The minimum atomic E-state index is -0.274. The van der Waals surface area contributed by atoms with Gasteiger partial charge in [0.05, 0.1) is 12.7 Å². The summed E-state index contributed by atoms with van der Waals surface area (Å²) < 4.78 is 4.88. The van der Waals surface area contributed by atoms with Gasteiger partial charge in [0.25, 0.3) is 0 Å². The van der Waals surface area contributed by atoms with E-state index in [-0.39, 0.29) is 5.97 Å². The number of benzene rings is 2. The van der Waals surface area contributed by atoms with Crippen LogP contribution in [0.25, 0.3) is 10.8 Å². The lowest BCUT2D eigenvalue weighted by atomic mass is 9.91. The van der Waals surface area contributed by atoms with Gasteiger partial charge >= 0.3 is 5.97 Å². The fourth-order valence-corrected chi connectivity index (χ4v) is 3.03. The Morgan fingerprint density at radius 1 is 1.15 bits per heavy atom. The first-order valence-electron chi connectivity index (χ1n) is 7.14. The maximum absolute atomic E-state index is 11.9. The number of nitrogens with one attached hydrogen (secondary N) is 1. The zero-order chi connectivity index (χ0) is 13.9. The first-order chi connectivity index (χ1) is 9.81. The molecule has 1 saturated heterocycles. The Balaban J connectivity index is 2.13. The first-order valence-corrected chi connectivity index (χ1v) is 7.14. The number of esters is 1. The van der Waals surface area contributed by atoms with Gasteiger partial charge in [0, 0.05) is 6.04 Å². The molecular formula is C17H19NO2. The Labute approximate surface area is 118 Å². The highest BCUT2D eigenvalue weighted by molar-refractivity contribution is 6.05. The van der Waals surface area contributed by atoms with Gasteiger partial charge in [0.15, 0.2) is 0 Å². The predicted octanol–water partition coefficient (Wildman–Crippen LogP) is 3.44. The molecular weight excluding hydrogens is 250 g/mol. The molecule has 0 aliphatic carbocycles. The molecule has 3 nitrogen and oxygen atoms in total. The third kappa shape index (κ3) is 2.29. The van der Waals surface area contributed by atoms with Crippen LogP contribution in [0.15, 0.2) is 36.4 Å². The lowest BCUT2D eigenvalue weighted by Crippen LogP contribution is -2.27. The van der Waals surface area contributed by atoms with E-state index < -0.39 is 0 Å². The molecule has 0 unspecified atom stereocenters. The van der Waals surface area contributed by atoms with Crippen molar-refractivity contribution in [2.45, 2.75) is 25.3 Å². The van der Waals surface area contributed by atoms with Crippen molar-refractivity contribution >= 4 is 16.7 Å². The highest BCUT2D eigenvalue weighted by Gasteiger charge is 2.19. The summed E-state index contributed by atoms with van der Waals surface area (Å²) >= 11 is 0. The molecule has 104 valence electrons. The number of piperidine rings is 1. The molecule has 1 aliphatic rings. The minimum absolute atomic E-state index is 0.274. The van der Waals surface area contributed by atoms with Crippen LogP contribution in [0.5, 0.6) is 0 Å². The van der Waals surface area contributed by atoms with Crippen LogP contribution in [0.1, 0.15) is 41.2 Å². The fraction of sp³-hybridized carbons (Fsp3) is 0.353. The summed E-state index contributed by atoms with van der Waals surface area (Å²) in [7, 11) is 1.42. The van der Waals surface area contributed by atoms with Crippen LogP contribution in [0.3, 0.4) is 0 Å². The van der Waals surface area contributed by atoms with E-state index in [4.69, 9.17) is 4.74 Å². The Hall–Kier alpha value is -1.87. The van der Waals surface area contributed by atoms with Crippen molar-refractivity contribution in [1.82, 2.24) is 5.32 Å². The average Bonchev–Trinajstić information content (AvgIpc) is 2.54. The molecule has 1 atom stereocenters. The third-order valence-electron chi connectivity index (χ3n) is 4.05. The molecule has 2 aromatic carbocycles. The quantitative estimate of drug-likeness (QED) is 0.849. The number of methoxy groups -OCH3 is 1. The standard InChI is InChI=1S/C17H19NO2/c1-20-17(19)15-10-9-14(16-8-4-5-11-18-16)12-6-2-3-7-13(12)15/h2-3,6-7,9-10,16,18H,4-5,8,11H2,1H3/t16-/m0/s1. The fourth-order valence-electron chi connectivity index (χ4n) is 3.03. The first kappa shape index (κ1) is 13.1. The van der Waals surface area contributed by atoms with Gasteiger partial charge in [-0.1, -0.05) is 36.8 Å². The van der Waals surface area contributed by atoms with Crippen molar-refractivity contribution in [2.75, 3.05) is 13.7 Å². The SMILES string of the molecule is COC(=O)c1ccc([C@@H]2CCCCN2)c2ccccc12. The molecule has 1 heterocycles. The van der Waals surface area contributed by atoms with Crippen LogP contribution >= 0.6 is 0 Å². The monoisotopic (exact) mass is 269 g/mol. The second-order valence-electron chi connectivity index (χ2n) is 5.24. The van der Waals surface area contributed by atoms with Gasteiger partial charge in [-0.15, -0.1) is 0 Å². The summed E-state index contributed by atoms with van der Waals surface area (Å²) in [6, 6.07) is 12.4. The molecule has 0 spiro atoms. The summed E-state index contributed by atoms with van der Waals surface area (Å²) in [6.45, 7) is 1.07. The number of hydrogen-bond acceptors (Lipinski definition) is 3. The van der Waals surface area contributed by atoms with Crippen molar-refractivity contribution < 1.29 is 9.53 Å². The molecule has 1 fully saturated rings. The summed E-state index contributed by atoms with van der Waals surface area (Å²) in [5, 5.41) is 5.70. The number of rotatable bonds is 2. The molecule has 3 heteroatoms. The van der Waals surface area contributed by atoms with Crippen LogP contribution in [0.2, 0.25) is 0 Å². The van der Waals surface area contributed by atoms with Crippen LogP contribution < -0.4 is 5.32 Å². The molecule has 1 aliphatic heterocycles. The lowest BCUT2D eigenvalue weighted by molar-refractivity contribution is 0.0603. The molecule has 0 radical (unpaired) electrons. The molecule has 1 N–H and O–H groups in total. The van der Waals surface area contributed by atoms with Crippen LogP contribution in [-0.4, -0.2) is 19.6 Å². The highest BCUT2D eigenvalue weighted by Crippen LogP contribution is 2.31. The Kier molecular flexibility index (Phi) is 3.70. The van der Waals surface area contributed by atoms with Gasteiger partial charge in [-0.3, -0.25) is 0 Å². The summed E-state index contributed by atoms with van der Waals surface area (Å²) in [4.78, 5) is 11.9. The van der Waals surface area contributed by atoms with Crippen molar-refractivity contribution in [3.8, 4) is 0 Å². The summed E-state index contributed by atoms with van der Waals surface area (Å²) in [5.74, 6) is -0.274. The predicted molar refractivity (Wildman–Crippen MR) is 79.9 cm³/mol. The molecule has 0 aromatic heterocycles. The Morgan fingerprint density at radius 2 is 1.95 bits per heavy atom. The second kappa shape index (κ2) is 5.63. The lowest BCUT2D eigenvalue weighted by Gasteiger charge is -2.25. The average molecular weight is 269 g/mol. The van der Waals surface area contributed by atoms with E-state index in [0.29, 0.717) is 11.6 Å². The largest absolute Gasteiger partial charge is 0.465 e. The summed E-state index contributed by atoms with van der Waals surface area (Å²) in [5.41, 5.74) is 1.93. The number of fused-ring (bicyclic) bond motifs is 1. The zero-order valence-corrected chi connectivity index (χ0v) is 11.7. The maximum Gasteiger partial charge on any atom is 0.338 e. The van der Waals surface area contributed by atoms with E-state index in [0.717, 1.165) is 23.7 Å². The molecule has 0 amide bonds. The minimum Gasteiger partial charge on any atom is -0.465 e. The van der Waals surface area contributed by atoms with Gasteiger partial charge < -0.3 is 10.1 Å². The molecule has 0 saturated carbocycles. The molecule has 0 bridgehead atoms. The molecule has 3 rings (SSSR count). The van der Waals surface area contributed by atoms with Crippen LogP contribution in [0.4, 0.5) is 0 Å². The maximum atomic E-state index is 11.9. The van der Waals surface area contributed by atoms with E-state index in [2.05, 4.69) is 17.4 Å². The number of carbonyl (C=O) groups is 1. The van der Waals surface area contributed by atoms with Crippen molar-refractivity contribution in [3.63, 3.8) is 0 Å². The van der Waals surface area contributed by atoms with Crippen LogP contribution in [0, 0.1) is 0 Å². The molecule has 2 aromatic rings. The van der Waals surface area contributed by atoms with E-state index in [1.807, 2.05) is 24.3 Å². The van der Waals surface area contributed by atoms with Gasteiger partial charge in [0.1, 0.15) is 0 Å². The third-order valence-corrected chi connectivity index (χ3v) is 4.05. The Bertz CT molecular complexity index is 630. The van der Waals surface area contributed by atoms with Crippen molar-refractivity contribution in [3.05, 3.63) is 47.5 Å². The van der Waals surface area contributed by atoms with Gasteiger partial charge in [0.2, 0.25) is 0 Å². The van der Waals surface area contributed by atoms with Gasteiger partial charge in [-0.2, -0.15) is 0 Å². The number of hydrogen-bond donors (Lipinski definition) is 1. The van der Waals surface area contributed by atoms with Crippen molar-refractivity contribution in [1.29, 1.82) is 0 Å².